The van der Waals surface area contributed by atoms with Gasteiger partial charge in [0, 0.05) is 11.8 Å². The van der Waals surface area contributed by atoms with Gasteiger partial charge in [0.2, 0.25) is 0 Å². The summed E-state index contributed by atoms with van der Waals surface area (Å²) in [5.41, 5.74) is 0. The summed E-state index contributed by atoms with van der Waals surface area (Å²) in [6.07, 6.45) is 3.23. The first-order valence-electron chi connectivity index (χ1n) is 6.93. The summed E-state index contributed by atoms with van der Waals surface area (Å²) in [5, 5.41) is 3.39. The van der Waals surface area contributed by atoms with Gasteiger partial charge >= 0.3 is 0 Å². The zero-order chi connectivity index (χ0) is 14.1. The Morgan fingerprint density at radius 1 is 1.32 bits per heavy atom. The Morgan fingerprint density at radius 3 is 2.74 bits per heavy atom. The van der Waals surface area contributed by atoms with Crippen LogP contribution in [0.2, 0.25) is 0 Å². The molecule has 0 aliphatic heterocycles. The van der Waals surface area contributed by atoms with Crippen molar-refractivity contribution in [2.24, 2.45) is 0 Å². The predicted octanol–water partition coefficient (Wildman–Crippen LogP) is 2.97. The molecule has 0 aliphatic rings. The molecule has 0 spiro atoms. The molecule has 0 fully saturated rings. The third-order valence-corrected chi connectivity index (χ3v) is 4.57. The van der Waals surface area contributed by atoms with Gasteiger partial charge < -0.3 is 10.1 Å². The Morgan fingerprint density at radius 2 is 2.05 bits per heavy atom. The summed E-state index contributed by atoms with van der Waals surface area (Å²) < 4.78 is 17.5. The molecule has 2 unspecified atom stereocenters. The quantitative estimate of drug-likeness (QED) is 0.708. The van der Waals surface area contributed by atoms with E-state index in [0.717, 1.165) is 36.5 Å². The average Bonchev–Trinajstić information content (AvgIpc) is 2.43. The fourth-order valence-electron chi connectivity index (χ4n) is 2.05. The monoisotopic (exact) mass is 283 g/mol. The number of unbranched alkanes of at least 4 members (excludes halogenated alkanes) is 1. The Kier molecular flexibility index (Phi) is 7.75. The van der Waals surface area contributed by atoms with Crippen LogP contribution in [0, 0.1) is 0 Å². The first-order valence-corrected chi connectivity index (χ1v) is 8.25. The lowest BCUT2D eigenvalue weighted by Crippen LogP contribution is -2.25. The van der Waals surface area contributed by atoms with Crippen molar-refractivity contribution in [1.29, 1.82) is 0 Å². The van der Waals surface area contributed by atoms with E-state index >= 15 is 0 Å². The van der Waals surface area contributed by atoms with E-state index in [0.29, 0.717) is 11.8 Å². The molecule has 3 nitrogen and oxygen atoms in total. The van der Waals surface area contributed by atoms with Gasteiger partial charge in [-0.2, -0.15) is 0 Å². The molecular formula is C15H25NO2S. The minimum absolute atomic E-state index is 0.546. The van der Waals surface area contributed by atoms with Gasteiger partial charge in [0.05, 0.1) is 22.8 Å². The molecule has 4 heteroatoms. The average molecular weight is 283 g/mol. The number of benzene rings is 1. The van der Waals surface area contributed by atoms with Crippen molar-refractivity contribution in [3.63, 3.8) is 0 Å². The molecule has 0 heterocycles. The Balaban J connectivity index is 2.35. The highest BCUT2D eigenvalue weighted by atomic mass is 32.2. The van der Waals surface area contributed by atoms with E-state index in [-0.39, 0.29) is 0 Å². The van der Waals surface area contributed by atoms with E-state index in [9.17, 15) is 4.21 Å². The molecule has 0 aliphatic carbocycles. The Hall–Kier alpha value is -0.870. The number of para-hydroxylation sites is 1. The van der Waals surface area contributed by atoms with Gasteiger partial charge in [-0.3, -0.25) is 4.21 Å². The van der Waals surface area contributed by atoms with Crippen molar-refractivity contribution in [1.82, 2.24) is 5.32 Å². The third-order valence-electron chi connectivity index (χ3n) is 3.08. The van der Waals surface area contributed by atoms with Crippen LogP contribution < -0.4 is 10.1 Å². The first kappa shape index (κ1) is 16.2. The van der Waals surface area contributed by atoms with Gasteiger partial charge in [-0.05, 0) is 38.4 Å². The number of nitrogens with one attached hydrogen (secondary N) is 1. The van der Waals surface area contributed by atoms with Crippen LogP contribution in [0.4, 0.5) is 0 Å². The maximum absolute atomic E-state index is 12.2. The Labute approximate surface area is 119 Å². The number of hydrogen-bond donors (Lipinski definition) is 1. The van der Waals surface area contributed by atoms with Crippen molar-refractivity contribution >= 4 is 10.8 Å². The molecule has 0 saturated heterocycles. The normalized spacial score (nSPS) is 14.1. The molecule has 0 amide bonds. The smallest absolute Gasteiger partial charge is 0.134 e. The summed E-state index contributed by atoms with van der Waals surface area (Å²) >= 11 is 0. The van der Waals surface area contributed by atoms with Crippen molar-refractivity contribution in [3.05, 3.63) is 24.3 Å². The molecule has 19 heavy (non-hydrogen) atoms. The highest BCUT2D eigenvalue weighted by molar-refractivity contribution is 7.85. The molecule has 0 saturated carbocycles. The minimum Gasteiger partial charge on any atom is -0.495 e. The van der Waals surface area contributed by atoms with E-state index in [1.54, 1.807) is 7.11 Å². The van der Waals surface area contributed by atoms with E-state index in [4.69, 9.17) is 4.74 Å². The van der Waals surface area contributed by atoms with Gasteiger partial charge in [0.1, 0.15) is 5.75 Å². The topological polar surface area (TPSA) is 38.3 Å². The van der Waals surface area contributed by atoms with Gasteiger partial charge in [-0.1, -0.05) is 25.5 Å². The highest BCUT2D eigenvalue weighted by Crippen LogP contribution is 2.22. The molecule has 0 bridgehead atoms. The van der Waals surface area contributed by atoms with Crippen molar-refractivity contribution < 1.29 is 8.95 Å². The van der Waals surface area contributed by atoms with Crippen LogP contribution >= 0.6 is 0 Å². The number of ether oxygens (including phenoxy) is 1. The molecule has 1 aromatic carbocycles. The molecule has 0 radical (unpaired) electrons. The maximum atomic E-state index is 12.2. The summed E-state index contributed by atoms with van der Waals surface area (Å²) in [6.45, 7) is 5.32. The number of methoxy groups -OCH3 is 1. The van der Waals surface area contributed by atoms with E-state index in [2.05, 4.69) is 19.2 Å². The van der Waals surface area contributed by atoms with Gasteiger partial charge in [0.25, 0.3) is 0 Å². The second-order valence-electron chi connectivity index (χ2n) is 4.66. The molecule has 2 atom stereocenters. The highest BCUT2D eigenvalue weighted by Gasteiger charge is 2.09. The summed E-state index contributed by atoms with van der Waals surface area (Å²) in [4.78, 5) is 0.810. The van der Waals surface area contributed by atoms with Crippen molar-refractivity contribution in [3.8, 4) is 5.75 Å². The fraction of sp³-hybridized carbons (Fsp3) is 0.600. The molecule has 0 aromatic heterocycles. The molecule has 108 valence electrons. The van der Waals surface area contributed by atoms with Crippen molar-refractivity contribution in [2.75, 3.05) is 19.4 Å². The standard InChI is InChI=1S/C15H25NO2S/c1-4-16-13(2)9-7-8-12-19(17)15-11-6-5-10-14(15)18-3/h5-6,10-11,13,16H,4,7-9,12H2,1-3H3. The van der Waals surface area contributed by atoms with Crippen LogP contribution in [-0.2, 0) is 10.8 Å². The zero-order valence-electron chi connectivity index (χ0n) is 12.1. The van der Waals surface area contributed by atoms with Crippen LogP contribution in [-0.4, -0.2) is 29.7 Å². The first-order chi connectivity index (χ1) is 9.19. The van der Waals surface area contributed by atoms with Crippen LogP contribution in [0.25, 0.3) is 0 Å². The van der Waals surface area contributed by atoms with E-state index in [1.165, 1.54) is 0 Å². The molecule has 1 aromatic rings. The summed E-state index contributed by atoms with van der Waals surface area (Å²) in [7, 11) is 0.660. The predicted molar refractivity (Wildman–Crippen MR) is 81.3 cm³/mol. The molecular weight excluding hydrogens is 258 g/mol. The second-order valence-corrected chi connectivity index (χ2v) is 6.19. The van der Waals surface area contributed by atoms with E-state index < -0.39 is 10.8 Å². The molecule has 1 rings (SSSR count). The lowest BCUT2D eigenvalue weighted by atomic mass is 10.1. The second kappa shape index (κ2) is 9.10. The molecule has 1 N–H and O–H groups in total. The Bertz CT molecular complexity index is 395. The van der Waals surface area contributed by atoms with Gasteiger partial charge in [0.15, 0.2) is 0 Å². The van der Waals surface area contributed by atoms with Crippen LogP contribution in [0.3, 0.4) is 0 Å². The zero-order valence-corrected chi connectivity index (χ0v) is 13.0. The van der Waals surface area contributed by atoms with Gasteiger partial charge in [-0.25, -0.2) is 0 Å². The fourth-order valence-corrected chi connectivity index (χ4v) is 3.34. The maximum Gasteiger partial charge on any atom is 0.134 e. The minimum atomic E-state index is -0.959. The lowest BCUT2D eigenvalue weighted by Gasteiger charge is -2.12. The lowest BCUT2D eigenvalue weighted by molar-refractivity contribution is 0.404. The number of rotatable bonds is 9. The van der Waals surface area contributed by atoms with Crippen LogP contribution in [0.5, 0.6) is 5.75 Å². The van der Waals surface area contributed by atoms with Crippen LogP contribution in [0.15, 0.2) is 29.2 Å². The largest absolute Gasteiger partial charge is 0.495 e. The van der Waals surface area contributed by atoms with E-state index in [1.807, 2.05) is 24.3 Å². The third kappa shape index (κ3) is 5.74. The SMILES string of the molecule is CCNC(C)CCCCS(=O)c1ccccc1OC. The van der Waals surface area contributed by atoms with Crippen LogP contribution in [0.1, 0.15) is 33.1 Å². The van der Waals surface area contributed by atoms with Crippen molar-refractivity contribution in [2.45, 2.75) is 44.0 Å². The number of hydrogen-bond acceptors (Lipinski definition) is 3. The summed E-state index contributed by atoms with van der Waals surface area (Å²) in [6, 6.07) is 8.10. The summed E-state index contributed by atoms with van der Waals surface area (Å²) in [5.74, 6) is 1.43. The van der Waals surface area contributed by atoms with Gasteiger partial charge in [-0.15, -0.1) is 0 Å².